The van der Waals surface area contributed by atoms with Crippen molar-refractivity contribution in [1.82, 2.24) is 14.8 Å². The summed E-state index contributed by atoms with van der Waals surface area (Å²) in [6, 6.07) is 22.4. The summed E-state index contributed by atoms with van der Waals surface area (Å²) < 4.78 is 0. The number of carbonyl (C=O) groups is 1. The van der Waals surface area contributed by atoms with Gasteiger partial charge in [-0.05, 0) is 59.8 Å². The topological polar surface area (TPSA) is 80.5 Å². The highest BCUT2D eigenvalue weighted by atomic mass is 16.3. The largest absolute Gasteiger partial charge is 0.395 e. The van der Waals surface area contributed by atoms with E-state index in [1.54, 1.807) is 12.4 Å². The number of aliphatic hydroxyl groups excluding tert-OH is 1. The maximum Gasteiger partial charge on any atom is 0.227 e. The van der Waals surface area contributed by atoms with Crippen LogP contribution in [-0.2, 0) is 11.2 Å². The first-order valence-electron chi connectivity index (χ1n) is 12.3. The van der Waals surface area contributed by atoms with Crippen molar-refractivity contribution < 1.29 is 9.90 Å². The molecule has 2 aromatic carbocycles. The summed E-state index contributed by atoms with van der Waals surface area (Å²) in [5.41, 5.74) is 4.85. The molecule has 0 bridgehead atoms. The zero-order valence-electron chi connectivity index (χ0n) is 19.8. The second kappa shape index (κ2) is 10.4. The number of carbonyl (C=O) groups excluding carboxylic acids is 1. The van der Waals surface area contributed by atoms with Gasteiger partial charge >= 0.3 is 0 Å². The van der Waals surface area contributed by atoms with Gasteiger partial charge in [0.1, 0.15) is 0 Å². The maximum atomic E-state index is 13.2. The van der Waals surface area contributed by atoms with Crippen LogP contribution in [0.5, 0.6) is 0 Å². The van der Waals surface area contributed by atoms with Crippen LogP contribution in [0.2, 0.25) is 0 Å². The normalized spacial score (nSPS) is 22.3. The van der Waals surface area contributed by atoms with Crippen LogP contribution in [0.25, 0.3) is 11.1 Å². The zero-order chi connectivity index (χ0) is 24.2. The third-order valence-corrected chi connectivity index (χ3v) is 7.42. The predicted octanol–water partition coefficient (Wildman–Crippen LogP) is 3.61. The lowest BCUT2D eigenvalue weighted by atomic mass is 9.74. The number of hydrogen-bond donors (Lipinski definition) is 1. The van der Waals surface area contributed by atoms with Gasteiger partial charge in [-0.15, -0.1) is 0 Å². The zero-order valence-corrected chi connectivity index (χ0v) is 19.8. The van der Waals surface area contributed by atoms with Gasteiger partial charge in [-0.2, -0.15) is 5.26 Å². The van der Waals surface area contributed by atoms with Crippen molar-refractivity contribution in [2.75, 3.05) is 26.2 Å². The number of aliphatic hydroxyl groups is 1. The fourth-order valence-corrected chi connectivity index (χ4v) is 5.62. The van der Waals surface area contributed by atoms with Gasteiger partial charge in [-0.3, -0.25) is 14.7 Å². The Morgan fingerprint density at radius 3 is 2.63 bits per heavy atom. The van der Waals surface area contributed by atoms with Crippen LogP contribution in [-0.4, -0.2) is 64.1 Å². The van der Waals surface area contributed by atoms with Gasteiger partial charge in [-0.1, -0.05) is 42.5 Å². The van der Waals surface area contributed by atoms with Crippen LogP contribution < -0.4 is 0 Å². The van der Waals surface area contributed by atoms with Crippen LogP contribution in [0.1, 0.15) is 35.4 Å². The van der Waals surface area contributed by atoms with Gasteiger partial charge in [0.15, 0.2) is 0 Å². The first-order valence-corrected chi connectivity index (χ1v) is 12.3. The molecule has 3 aromatic rings. The van der Waals surface area contributed by atoms with Crippen LogP contribution in [0.3, 0.4) is 0 Å². The molecule has 0 spiro atoms. The fourth-order valence-electron chi connectivity index (χ4n) is 5.62. The van der Waals surface area contributed by atoms with E-state index in [1.165, 1.54) is 5.56 Å². The molecule has 6 heteroatoms. The minimum atomic E-state index is 0.0705. The molecule has 1 amide bonds. The molecule has 1 N–H and O–H groups in total. The van der Waals surface area contributed by atoms with E-state index in [0.717, 1.165) is 42.6 Å². The number of fused-ring (bicyclic) bond motifs is 1. The lowest BCUT2D eigenvalue weighted by Crippen LogP contribution is -2.68. The minimum absolute atomic E-state index is 0.0705. The van der Waals surface area contributed by atoms with Crippen molar-refractivity contribution in [1.29, 1.82) is 5.26 Å². The quantitative estimate of drug-likeness (QED) is 0.621. The van der Waals surface area contributed by atoms with Crippen LogP contribution in [0, 0.1) is 11.3 Å². The van der Waals surface area contributed by atoms with E-state index < -0.39 is 0 Å². The Morgan fingerprint density at radius 1 is 1.06 bits per heavy atom. The second-order valence-electron chi connectivity index (χ2n) is 9.48. The smallest absolute Gasteiger partial charge is 0.227 e. The Balaban J connectivity index is 1.35. The summed E-state index contributed by atoms with van der Waals surface area (Å²) in [7, 11) is 0. The van der Waals surface area contributed by atoms with Crippen LogP contribution >= 0.6 is 0 Å². The van der Waals surface area contributed by atoms with E-state index >= 15 is 0 Å². The highest BCUT2D eigenvalue weighted by Gasteiger charge is 2.49. The summed E-state index contributed by atoms with van der Waals surface area (Å²) in [6.07, 6.45) is 5.84. The van der Waals surface area contributed by atoms with Crippen molar-refractivity contribution in [3.8, 4) is 17.2 Å². The van der Waals surface area contributed by atoms with E-state index in [-0.39, 0.29) is 30.5 Å². The predicted molar refractivity (Wildman–Crippen MR) is 134 cm³/mol. The number of benzene rings is 2. The maximum absolute atomic E-state index is 13.2. The number of nitrogens with zero attached hydrogens (tertiary/aromatic N) is 4. The van der Waals surface area contributed by atoms with Gasteiger partial charge in [0, 0.05) is 43.5 Å². The van der Waals surface area contributed by atoms with Gasteiger partial charge < -0.3 is 10.0 Å². The van der Waals surface area contributed by atoms with E-state index in [0.29, 0.717) is 18.5 Å². The summed E-state index contributed by atoms with van der Waals surface area (Å²) in [5.74, 6) is 0.310. The molecule has 0 radical (unpaired) electrons. The molecular weight excluding hydrogens is 436 g/mol. The Morgan fingerprint density at radius 2 is 1.89 bits per heavy atom. The van der Waals surface area contributed by atoms with Gasteiger partial charge in [0.25, 0.3) is 0 Å². The van der Waals surface area contributed by atoms with Crippen molar-refractivity contribution >= 4 is 5.91 Å². The fraction of sp³-hybridized carbons (Fsp3) is 0.345. The summed E-state index contributed by atoms with van der Waals surface area (Å²) in [4.78, 5) is 21.7. The lowest BCUT2D eigenvalue weighted by molar-refractivity contribution is -0.135. The standard InChI is InChI=1S/C29H30N4O2/c30-17-21-5-3-7-25(15-21)23-8-10-24(11-9-23)29-26-19-32(13-1-2-14-33(26)27(29)20-34)28(35)16-22-6-4-12-31-18-22/h3-12,15,18,26-27,29,34H,1-2,13-14,16,19-20H2/t26-,27-,29+/m1/s1. The SMILES string of the molecule is N#Cc1cccc(-c2ccc([C@@H]3[C@@H](CO)N4CCCCN(C(=O)Cc5cccnc5)C[C@H]34)cc2)c1. The minimum Gasteiger partial charge on any atom is -0.395 e. The van der Waals surface area contributed by atoms with Crippen molar-refractivity contribution in [3.05, 3.63) is 89.7 Å². The first-order chi connectivity index (χ1) is 17.2. The van der Waals surface area contributed by atoms with E-state index in [1.807, 2.05) is 41.3 Å². The molecule has 178 valence electrons. The van der Waals surface area contributed by atoms with Gasteiger partial charge in [-0.25, -0.2) is 0 Å². The number of nitriles is 1. The number of amides is 1. The Hall–Kier alpha value is -3.53. The molecule has 6 nitrogen and oxygen atoms in total. The summed E-state index contributed by atoms with van der Waals surface area (Å²) in [6.45, 7) is 2.51. The van der Waals surface area contributed by atoms with E-state index in [2.05, 4.69) is 40.2 Å². The number of aromatic nitrogens is 1. The number of rotatable bonds is 5. The molecule has 2 aliphatic rings. The Labute approximate surface area is 206 Å². The van der Waals surface area contributed by atoms with Crippen LogP contribution in [0.4, 0.5) is 0 Å². The summed E-state index contributed by atoms with van der Waals surface area (Å²) >= 11 is 0. The lowest BCUT2D eigenvalue weighted by Gasteiger charge is -2.57. The average molecular weight is 467 g/mol. The molecule has 2 saturated heterocycles. The summed E-state index contributed by atoms with van der Waals surface area (Å²) in [5, 5.41) is 19.4. The van der Waals surface area contributed by atoms with Crippen molar-refractivity contribution in [2.45, 2.75) is 37.3 Å². The molecular formula is C29H30N4O2. The highest BCUT2D eigenvalue weighted by molar-refractivity contribution is 5.78. The highest BCUT2D eigenvalue weighted by Crippen LogP contribution is 2.42. The Bertz CT molecular complexity index is 1210. The molecule has 0 unspecified atom stereocenters. The molecule has 2 aliphatic heterocycles. The van der Waals surface area contributed by atoms with E-state index in [4.69, 9.17) is 0 Å². The molecule has 0 aliphatic carbocycles. The molecule has 35 heavy (non-hydrogen) atoms. The third kappa shape index (κ3) is 4.84. The van der Waals surface area contributed by atoms with Crippen molar-refractivity contribution in [2.24, 2.45) is 0 Å². The van der Waals surface area contributed by atoms with Crippen LogP contribution in [0.15, 0.2) is 73.1 Å². The Kier molecular flexibility index (Phi) is 6.89. The third-order valence-electron chi connectivity index (χ3n) is 7.42. The molecule has 3 atom stereocenters. The average Bonchev–Trinajstić information content (AvgIpc) is 2.88. The molecule has 2 fully saturated rings. The first kappa shape index (κ1) is 23.2. The molecule has 3 heterocycles. The monoisotopic (exact) mass is 466 g/mol. The molecule has 0 saturated carbocycles. The number of hydrogen-bond acceptors (Lipinski definition) is 5. The molecule has 5 rings (SSSR count). The van der Waals surface area contributed by atoms with Gasteiger partial charge in [0.05, 0.1) is 24.7 Å². The van der Waals surface area contributed by atoms with E-state index in [9.17, 15) is 15.2 Å². The van der Waals surface area contributed by atoms with Crippen molar-refractivity contribution in [3.63, 3.8) is 0 Å². The van der Waals surface area contributed by atoms with Gasteiger partial charge in [0.2, 0.25) is 5.91 Å². The molecule has 1 aromatic heterocycles. The second-order valence-corrected chi connectivity index (χ2v) is 9.48. The number of pyridine rings is 1.